The summed E-state index contributed by atoms with van der Waals surface area (Å²) in [4.78, 5) is 8.83. The summed E-state index contributed by atoms with van der Waals surface area (Å²) in [6.07, 6.45) is 3.39. The van der Waals surface area contributed by atoms with Gasteiger partial charge in [-0.25, -0.2) is 4.98 Å². The van der Waals surface area contributed by atoms with Crippen molar-refractivity contribution < 1.29 is 9.13 Å². The first-order valence-corrected chi connectivity index (χ1v) is 6.50. The first-order chi connectivity index (χ1) is 9.28. The largest absolute Gasteiger partial charge is 0.480 e. The van der Waals surface area contributed by atoms with E-state index in [2.05, 4.69) is 15.3 Å². The molecule has 0 saturated heterocycles. The second kappa shape index (κ2) is 4.85. The molecule has 3 aromatic heterocycles. The zero-order chi connectivity index (χ0) is 13.2. The standard InChI is InChI=1S/C12H11FN4OS/c1-18-11-9(17-4-5-19-12(17)16-11)7-14-8-2-3-10(13)15-6-8/h2-6,14H,7H2,1H3. The molecule has 3 rings (SSSR count). The molecule has 19 heavy (non-hydrogen) atoms. The van der Waals surface area contributed by atoms with Crippen molar-refractivity contribution in [2.24, 2.45) is 0 Å². The maximum atomic E-state index is 12.7. The zero-order valence-electron chi connectivity index (χ0n) is 10.1. The monoisotopic (exact) mass is 278 g/mol. The minimum absolute atomic E-state index is 0.493. The van der Waals surface area contributed by atoms with E-state index in [1.54, 1.807) is 24.5 Å². The van der Waals surface area contributed by atoms with Crippen LogP contribution >= 0.6 is 11.3 Å². The fraction of sp³-hybridized carbons (Fsp3) is 0.167. The number of anilines is 1. The number of hydrogen-bond acceptors (Lipinski definition) is 5. The van der Waals surface area contributed by atoms with E-state index in [0.717, 1.165) is 16.3 Å². The van der Waals surface area contributed by atoms with Gasteiger partial charge in [-0.05, 0) is 12.1 Å². The van der Waals surface area contributed by atoms with Gasteiger partial charge >= 0.3 is 0 Å². The molecule has 0 aliphatic carbocycles. The quantitative estimate of drug-likeness (QED) is 0.745. The summed E-state index contributed by atoms with van der Waals surface area (Å²) in [5.74, 6) is 0.0992. The van der Waals surface area contributed by atoms with Crippen LogP contribution in [0.3, 0.4) is 0 Å². The molecule has 0 aliphatic heterocycles. The van der Waals surface area contributed by atoms with Crippen LogP contribution in [0.2, 0.25) is 0 Å². The Morgan fingerprint density at radius 3 is 3.11 bits per heavy atom. The zero-order valence-corrected chi connectivity index (χ0v) is 10.9. The molecule has 0 aromatic carbocycles. The van der Waals surface area contributed by atoms with Crippen molar-refractivity contribution >= 4 is 22.0 Å². The minimum atomic E-state index is -0.493. The highest BCUT2D eigenvalue weighted by Crippen LogP contribution is 2.23. The van der Waals surface area contributed by atoms with Gasteiger partial charge in [0.15, 0.2) is 4.96 Å². The molecule has 0 amide bonds. The molecular formula is C12H11FN4OS. The minimum Gasteiger partial charge on any atom is -0.480 e. The number of aromatic nitrogens is 3. The van der Waals surface area contributed by atoms with Crippen LogP contribution in [-0.2, 0) is 6.54 Å². The maximum absolute atomic E-state index is 12.7. The number of thiazole rings is 1. The van der Waals surface area contributed by atoms with Gasteiger partial charge in [0.25, 0.3) is 0 Å². The number of ether oxygens (including phenoxy) is 1. The summed E-state index contributed by atoms with van der Waals surface area (Å²) < 4.78 is 19.9. The third-order valence-corrected chi connectivity index (χ3v) is 3.46. The average molecular weight is 278 g/mol. The number of rotatable bonds is 4. The van der Waals surface area contributed by atoms with Crippen molar-refractivity contribution in [2.45, 2.75) is 6.54 Å². The molecule has 7 heteroatoms. The smallest absolute Gasteiger partial charge is 0.238 e. The number of hydrogen-bond donors (Lipinski definition) is 1. The predicted molar refractivity (Wildman–Crippen MR) is 71.1 cm³/mol. The SMILES string of the molecule is COc1nc2sccn2c1CNc1ccc(F)nc1. The molecule has 3 aromatic rings. The van der Waals surface area contributed by atoms with Crippen LogP contribution in [-0.4, -0.2) is 21.5 Å². The molecule has 0 fully saturated rings. The molecule has 98 valence electrons. The Morgan fingerprint density at radius 2 is 2.37 bits per heavy atom. The van der Waals surface area contributed by atoms with Crippen molar-refractivity contribution in [3.63, 3.8) is 0 Å². The van der Waals surface area contributed by atoms with Gasteiger partial charge in [-0.1, -0.05) is 0 Å². The van der Waals surface area contributed by atoms with Gasteiger partial charge in [0, 0.05) is 11.6 Å². The lowest BCUT2D eigenvalue weighted by Gasteiger charge is -2.06. The fourth-order valence-electron chi connectivity index (χ4n) is 1.80. The van der Waals surface area contributed by atoms with E-state index < -0.39 is 5.95 Å². The van der Waals surface area contributed by atoms with Gasteiger partial charge in [0.05, 0.1) is 25.5 Å². The lowest BCUT2D eigenvalue weighted by molar-refractivity contribution is 0.395. The van der Waals surface area contributed by atoms with Crippen LogP contribution in [0.5, 0.6) is 5.88 Å². The van der Waals surface area contributed by atoms with Crippen LogP contribution in [0.1, 0.15) is 5.69 Å². The maximum Gasteiger partial charge on any atom is 0.238 e. The van der Waals surface area contributed by atoms with Crippen molar-refractivity contribution in [1.82, 2.24) is 14.4 Å². The Hall–Kier alpha value is -2.15. The Labute approximate surface area is 112 Å². The number of nitrogens with zero attached hydrogens (tertiary/aromatic N) is 3. The van der Waals surface area contributed by atoms with E-state index in [1.165, 1.54) is 12.3 Å². The molecule has 1 N–H and O–H groups in total. The van der Waals surface area contributed by atoms with Gasteiger partial charge in [-0.2, -0.15) is 9.37 Å². The highest BCUT2D eigenvalue weighted by molar-refractivity contribution is 7.15. The van der Waals surface area contributed by atoms with E-state index in [9.17, 15) is 4.39 Å². The highest BCUT2D eigenvalue weighted by atomic mass is 32.1. The topological polar surface area (TPSA) is 51.5 Å². The molecule has 0 spiro atoms. The average Bonchev–Trinajstić information content (AvgIpc) is 2.99. The summed E-state index contributed by atoms with van der Waals surface area (Å²) in [5, 5.41) is 5.13. The summed E-state index contributed by atoms with van der Waals surface area (Å²) in [6, 6.07) is 2.96. The predicted octanol–water partition coefficient (Wildman–Crippen LogP) is 2.55. The Kier molecular flexibility index (Phi) is 3.04. The molecule has 5 nitrogen and oxygen atoms in total. The van der Waals surface area contributed by atoms with Crippen LogP contribution in [0.4, 0.5) is 10.1 Å². The number of nitrogens with one attached hydrogen (secondary N) is 1. The summed E-state index contributed by atoms with van der Waals surface area (Å²) >= 11 is 1.54. The molecule has 0 radical (unpaired) electrons. The van der Waals surface area contributed by atoms with E-state index in [-0.39, 0.29) is 0 Å². The summed E-state index contributed by atoms with van der Waals surface area (Å²) in [7, 11) is 1.59. The summed E-state index contributed by atoms with van der Waals surface area (Å²) in [6.45, 7) is 0.522. The van der Waals surface area contributed by atoms with Crippen LogP contribution in [0, 0.1) is 5.95 Å². The molecule has 0 unspecified atom stereocenters. The molecule has 0 atom stereocenters. The highest BCUT2D eigenvalue weighted by Gasteiger charge is 2.13. The van der Waals surface area contributed by atoms with Crippen molar-refractivity contribution in [3.8, 4) is 5.88 Å². The number of imidazole rings is 1. The van der Waals surface area contributed by atoms with Crippen LogP contribution in [0.25, 0.3) is 4.96 Å². The number of halogens is 1. The van der Waals surface area contributed by atoms with Gasteiger partial charge in [0.2, 0.25) is 11.8 Å². The van der Waals surface area contributed by atoms with E-state index in [0.29, 0.717) is 12.4 Å². The van der Waals surface area contributed by atoms with Crippen molar-refractivity contribution in [1.29, 1.82) is 0 Å². The van der Waals surface area contributed by atoms with Crippen molar-refractivity contribution in [2.75, 3.05) is 12.4 Å². The normalized spacial score (nSPS) is 10.8. The van der Waals surface area contributed by atoms with Gasteiger partial charge in [-0.15, -0.1) is 11.3 Å². The molecule has 0 bridgehead atoms. The van der Waals surface area contributed by atoms with Gasteiger partial charge in [-0.3, -0.25) is 4.40 Å². The van der Waals surface area contributed by atoms with Crippen LogP contribution in [0.15, 0.2) is 29.9 Å². The lowest BCUT2D eigenvalue weighted by Crippen LogP contribution is -2.04. The molecule has 0 saturated carbocycles. The number of methoxy groups -OCH3 is 1. The second-order valence-electron chi connectivity index (χ2n) is 3.85. The van der Waals surface area contributed by atoms with Gasteiger partial charge < -0.3 is 10.1 Å². The number of fused-ring (bicyclic) bond motifs is 1. The lowest BCUT2D eigenvalue weighted by atomic mass is 10.4. The van der Waals surface area contributed by atoms with Crippen molar-refractivity contribution in [3.05, 3.63) is 41.5 Å². The summed E-state index contributed by atoms with van der Waals surface area (Å²) in [5.41, 5.74) is 1.66. The Balaban J connectivity index is 1.84. The number of pyridine rings is 1. The van der Waals surface area contributed by atoms with E-state index in [1.807, 2.05) is 16.0 Å². The second-order valence-corrected chi connectivity index (χ2v) is 4.72. The molecular weight excluding hydrogens is 267 g/mol. The fourth-order valence-corrected chi connectivity index (χ4v) is 2.53. The first-order valence-electron chi connectivity index (χ1n) is 5.62. The van der Waals surface area contributed by atoms with E-state index in [4.69, 9.17) is 4.74 Å². The van der Waals surface area contributed by atoms with Gasteiger partial charge in [0.1, 0.15) is 5.69 Å². The van der Waals surface area contributed by atoms with E-state index >= 15 is 0 Å². The first kappa shape index (κ1) is 11.9. The third-order valence-electron chi connectivity index (χ3n) is 2.71. The molecule has 0 aliphatic rings. The molecule has 3 heterocycles. The Bertz CT molecular complexity index is 691. The Morgan fingerprint density at radius 1 is 1.47 bits per heavy atom. The third kappa shape index (κ3) is 2.24. The van der Waals surface area contributed by atoms with Crippen LogP contribution < -0.4 is 10.1 Å².